The molecule has 0 aromatic rings. The largest absolute Gasteiger partial charge is 0.389 e. The summed E-state index contributed by atoms with van der Waals surface area (Å²) in [4.78, 5) is 2.21. The van der Waals surface area contributed by atoms with E-state index in [2.05, 4.69) is 37.5 Å². The lowest BCUT2D eigenvalue weighted by molar-refractivity contribution is 0.0705. The van der Waals surface area contributed by atoms with Gasteiger partial charge in [0.1, 0.15) is 0 Å². The van der Waals surface area contributed by atoms with Gasteiger partial charge in [-0.05, 0) is 34.1 Å². The van der Waals surface area contributed by atoms with Crippen LogP contribution in [0.15, 0.2) is 0 Å². The molecule has 0 aromatic heterocycles. The zero-order valence-corrected chi connectivity index (χ0v) is 9.72. The van der Waals surface area contributed by atoms with Gasteiger partial charge in [0, 0.05) is 18.5 Å². The molecule has 1 aliphatic rings. The Kier molecular flexibility index (Phi) is 3.24. The first kappa shape index (κ1) is 11.6. The van der Waals surface area contributed by atoms with Crippen molar-refractivity contribution in [1.29, 1.82) is 0 Å². The Hall–Kier alpha value is -0.520. The Labute approximate surface area is 87.3 Å². The monoisotopic (exact) mass is 195 g/mol. The minimum Gasteiger partial charge on any atom is -0.389 e. The lowest BCUT2D eigenvalue weighted by Gasteiger charge is -2.16. The highest BCUT2D eigenvalue weighted by atomic mass is 16.3. The second kappa shape index (κ2) is 3.92. The Morgan fingerprint density at radius 2 is 2.07 bits per heavy atom. The molecule has 0 spiro atoms. The molecule has 1 unspecified atom stereocenters. The fraction of sp³-hybridized carbons (Fsp3) is 0.833. The fourth-order valence-electron chi connectivity index (χ4n) is 1.59. The lowest BCUT2D eigenvalue weighted by atomic mass is 9.98. The van der Waals surface area contributed by atoms with Gasteiger partial charge >= 0.3 is 0 Å². The number of β-amino-alcohol motifs (C(OH)–C–C–N with tert-alkyl or cyclic N) is 1. The van der Waals surface area contributed by atoms with Crippen molar-refractivity contribution in [2.45, 2.75) is 39.7 Å². The summed E-state index contributed by atoms with van der Waals surface area (Å²) in [6.07, 6.45) is 0.865. The molecule has 1 aliphatic heterocycles. The summed E-state index contributed by atoms with van der Waals surface area (Å²) in [5.41, 5.74) is -0.411. The van der Waals surface area contributed by atoms with Crippen LogP contribution in [0.4, 0.5) is 0 Å². The SMILES string of the molecule is CC(C)(C)C#CCN1CCC(C)(O)C1. The Bertz CT molecular complexity index is 252. The summed E-state index contributed by atoms with van der Waals surface area (Å²) in [7, 11) is 0. The van der Waals surface area contributed by atoms with E-state index in [9.17, 15) is 5.11 Å². The Balaban J connectivity index is 2.37. The molecule has 0 amide bonds. The minimum atomic E-state index is -0.497. The van der Waals surface area contributed by atoms with Gasteiger partial charge < -0.3 is 5.11 Å². The predicted octanol–water partition coefficient (Wildman–Crippen LogP) is 1.49. The molecule has 0 saturated carbocycles. The van der Waals surface area contributed by atoms with E-state index in [4.69, 9.17) is 0 Å². The van der Waals surface area contributed by atoms with E-state index in [1.165, 1.54) is 0 Å². The molecule has 2 heteroatoms. The quantitative estimate of drug-likeness (QED) is 0.641. The highest BCUT2D eigenvalue weighted by Gasteiger charge is 2.30. The van der Waals surface area contributed by atoms with Crippen molar-refractivity contribution < 1.29 is 5.11 Å². The van der Waals surface area contributed by atoms with Crippen LogP contribution in [0.5, 0.6) is 0 Å². The molecular formula is C12H21NO. The number of aliphatic hydroxyl groups is 1. The first-order valence-electron chi connectivity index (χ1n) is 5.23. The summed E-state index contributed by atoms with van der Waals surface area (Å²) in [5, 5.41) is 9.73. The standard InChI is InChI=1S/C12H21NO/c1-11(2,3)6-5-8-13-9-7-12(4,14)10-13/h14H,7-10H2,1-4H3. The van der Waals surface area contributed by atoms with Crippen molar-refractivity contribution in [1.82, 2.24) is 4.90 Å². The van der Waals surface area contributed by atoms with Gasteiger partial charge in [-0.15, -0.1) is 0 Å². The predicted molar refractivity (Wildman–Crippen MR) is 58.9 cm³/mol. The van der Waals surface area contributed by atoms with Crippen LogP contribution in [-0.4, -0.2) is 35.2 Å². The van der Waals surface area contributed by atoms with Crippen molar-refractivity contribution in [3.05, 3.63) is 0 Å². The normalized spacial score (nSPS) is 28.6. The topological polar surface area (TPSA) is 23.5 Å². The van der Waals surface area contributed by atoms with Gasteiger partial charge in [0.05, 0.1) is 12.1 Å². The van der Waals surface area contributed by atoms with Gasteiger partial charge in [-0.3, -0.25) is 4.90 Å². The summed E-state index contributed by atoms with van der Waals surface area (Å²) in [6.45, 7) is 10.7. The van der Waals surface area contributed by atoms with Crippen molar-refractivity contribution in [2.24, 2.45) is 5.41 Å². The second-order valence-corrected chi connectivity index (χ2v) is 5.51. The molecule has 1 fully saturated rings. The van der Waals surface area contributed by atoms with Gasteiger partial charge in [0.25, 0.3) is 0 Å². The maximum Gasteiger partial charge on any atom is 0.0758 e. The number of hydrogen-bond acceptors (Lipinski definition) is 2. The number of likely N-dealkylation sites (tertiary alicyclic amines) is 1. The molecule has 80 valence electrons. The third-order valence-corrected chi connectivity index (χ3v) is 2.30. The third kappa shape index (κ3) is 4.13. The van der Waals surface area contributed by atoms with Gasteiger partial charge in [0.2, 0.25) is 0 Å². The molecule has 2 nitrogen and oxygen atoms in total. The van der Waals surface area contributed by atoms with Gasteiger partial charge in [-0.25, -0.2) is 0 Å². The third-order valence-electron chi connectivity index (χ3n) is 2.30. The lowest BCUT2D eigenvalue weighted by Crippen LogP contribution is -2.29. The van der Waals surface area contributed by atoms with Crippen molar-refractivity contribution in [3.8, 4) is 11.8 Å². The van der Waals surface area contributed by atoms with E-state index >= 15 is 0 Å². The average Bonchev–Trinajstić information content (AvgIpc) is 2.27. The number of hydrogen-bond donors (Lipinski definition) is 1. The highest BCUT2D eigenvalue weighted by Crippen LogP contribution is 2.19. The van der Waals surface area contributed by atoms with Crippen LogP contribution in [0.3, 0.4) is 0 Å². The minimum absolute atomic E-state index is 0.0856. The zero-order chi connectivity index (χ0) is 10.8. The molecule has 0 aliphatic carbocycles. The fourth-order valence-corrected chi connectivity index (χ4v) is 1.59. The van der Waals surface area contributed by atoms with Gasteiger partial charge in [0.15, 0.2) is 0 Å². The van der Waals surface area contributed by atoms with Crippen molar-refractivity contribution in [3.63, 3.8) is 0 Å². The van der Waals surface area contributed by atoms with Gasteiger partial charge in [-0.1, -0.05) is 11.8 Å². The molecule has 0 aromatic carbocycles. The summed E-state index contributed by atoms with van der Waals surface area (Å²) in [6, 6.07) is 0. The molecule has 1 rings (SSSR count). The molecule has 1 heterocycles. The van der Waals surface area contributed by atoms with E-state index in [0.29, 0.717) is 0 Å². The van der Waals surface area contributed by atoms with Crippen molar-refractivity contribution >= 4 is 0 Å². The molecule has 0 radical (unpaired) electrons. The molecule has 14 heavy (non-hydrogen) atoms. The van der Waals surface area contributed by atoms with Crippen LogP contribution in [0.25, 0.3) is 0 Å². The van der Waals surface area contributed by atoms with Crippen LogP contribution in [-0.2, 0) is 0 Å². The molecule has 0 bridgehead atoms. The summed E-state index contributed by atoms with van der Waals surface area (Å²) >= 11 is 0. The highest BCUT2D eigenvalue weighted by molar-refractivity contribution is 5.09. The van der Waals surface area contributed by atoms with E-state index in [1.807, 2.05) is 6.92 Å². The van der Waals surface area contributed by atoms with E-state index < -0.39 is 5.60 Å². The number of rotatable bonds is 1. The smallest absolute Gasteiger partial charge is 0.0758 e. The van der Waals surface area contributed by atoms with E-state index in [0.717, 1.165) is 26.1 Å². The molecule has 1 saturated heterocycles. The second-order valence-electron chi connectivity index (χ2n) is 5.51. The van der Waals surface area contributed by atoms with Crippen LogP contribution in [0.1, 0.15) is 34.1 Å². The van der Waals surface area contributed by atoms with Crippen molar-refractivity contribution in [2.75, 3.05) is 19.6 Å². The zero-order valence-electron chi connectivity index (χ0n) is 9.72. The Morgan fingerprint density at radius 1 is 1.43 bits per heavy atom. The molecule has 1 atom stereocenters. The van der Waals surface area contributed by atoms with Crippen LogP contribution < -0.4 is 0 Å². The van der Waals surface area contributed by atoms with E-state index in [-0.39, 0.29) is 5.41 Å². The molecular weight excluding hydrogens is 174 g/mol. The first-order valence-corrected chi connectivity index (χ1v) is 5.23. The molecule has 1 N–H and O–H groups in total. The maximum atomic E-state index is 9.73. The summed E-state index contributed by atoms with van der Waals surface area (Å²) < 4.78 is 0. The maximum absolute atomic E-state index is 9.73. The average molecular weight is 195 g/mol. The van der Waals surface area contributed by atoms with Crippen LogP contribution in [0, 0.1) is 17.3 Å². The van der Waals surface area contributed by atoms with E-state index in [1.54, 1.807) is 0 Å². The van der Waals surface area contributed by atoms with Crippen LogP contribution in [0.2, 0.25) is 0 Å². The first-order chi connectivity index (χ1) is 6.29. The van der Waals surface area contributed by atoms with Gasteiger partial charge in [-0.2, -0.15) is 0 Å². The number of nitrogens with zero attached hydrogens (tertiary/aromatic N) is 1. The summed E-state index contributed by atoms with van der Waals surface area (Å²) in [5.74, 6) is 6.37. The van der Waals surface area contributed by atoms with Crippen LogP contribution >= 0.6 is 0 Å². The Morgan fingerprint density at radius 3 is 2.50 bits per heavy atom.